The lowest BCUT2D eigenvalue weighted by Crippen LogP contribution is -2.34. The minimum atomic E-state index is -2.74. The molecule has 0 aliphatic carbocycles. The lowest BCUT2D eigenvalue weighted by Gasteiger charge is -2.21. The summed E-state index contributed by atoms with van der Waals surface area (Å²) in [7, 11) is 0. The summed E-state index contributed by atoms with van der Waals surface area (Å²) in [6, 6.07) is 6.12. The van der Waals surface area contributed by atoms with E-state index < -0.39 is 37.1 Å². The highest BCUT2D eigenvalue weighted by atomic mass is 19.3. The fourth-order valence-electron chi connectivity index (χ4n) is 4.09. The molecule has 1 aliphatic rings. The van der Waals surface area contributed by atoms with E-state index in [2.05, 4.69) is 9.97 Å². The molecule has 162 valence electrons. The molecule has 31 heavy (non-hydrogen) atoms. The zero-order valence-corrected chi connectivity index (χ0v) is 16.3. The van der Waals surface area contributed by atoms with Crippen molar-refractivity contribution in [3.63, 3.8) is 0 Å². The van der Waals surface area contributed by atoms with Crippen molar-refractivity contribution in [1.82, 2.24) is 14.5 Å². The molecule has 0 spiro atoms. The molecular formula is C21H19F2N3O5. The number of aliphatic hydroxyl groups is 3. The van der Waals surface area contributed by atoms with E-state index in [1.54, 1.807) is 16.8 Å². The maximum Gasteiger partial charge on any atom is 0.267 e. The van der Waals surface area contributed by atoms with Crippen LogP contribution in [0.25, 0.3) is 22.0 Å². The first kappa shape index (κ1) is 20.0. The Morgan fingerprint density at radius 3 is 2.68 bits per heavy atom. The number of rotatable bonds is 4. The average molecular weight is 431 g/mol. The van der Waals surface area contributed by atoms with E-state index in [0.717, 1.165) is 17.3 Å². The first-order valence-corrected chi connectivity index (χ1v) is 9.64. The lowest BCUT2D eigenvalue weighted by molar-refractivity contribution is -0.0848. The van der Waals surface area contributed by atoms with Crippen molar-refractivity contribution in [2.24, 2.45) is 0 Å². The maximum absolute atomic E-state index is 13.2. The predicted octanol–water partition coefficient (Wildman–Crippen LogP) is 2.78. The highest BCUT2D eigenvalue weighted by Gasteiger charge is 2.47. The van der Waals surface area contributed by atoms with Crippen LogP contribution < -0.4 is 0 Å². The number of aromatic nitrogens is 3. The van der Waals surface area contributed by atoms with Crippen LogP contribution >= 0.6 is 0 Å². The molecule has 0 amide bonds. The SMILES string of the molecule is Cc1ncnc2c1ccn2[C@@H]1O[C@H]([C@H](O)c2ccc3occ(C(F)F)c3c2)[C@@H](O)[C@H]1O. The Balaban J connectivity index is 1.47. The van der Waals surface area contributed by atoms with Crippen molar-refractivity contribution >= 4 is 22.0 Å². The summed E-state index contributed by atoms with van der Waals surface area (Å²) in [4.78, 5) is 8.35. The van der Waals surface area contributed by atoms with Crippen LogP contribution in [0.15, 0.2) is 47.5 Å². The Kier molecular flexibility index (Phi) is 4.74. The van der Waals surface area contributed by atoms with Crippen molar-refractivity contribution in [2.45, 2.75) is 44.0 Å². The fraction of sp³-hybridized carbons (Fsp3) is 0.333. The van der Waals surface area contributed by atoms with Gasteiger partial charge in [0.25, 0.3) is 6.43 Å². The van der Waals surface area contributed by atoms with Gasteiger partial charge >= 0.3 is 0 Å². The Morgan fingerprint density at radius 1 is 1.10 bits per heavy atom. The van der Waals surface area contributed by atoms with Crippen molar-refractivity contribution in [2.75, 3.05) is 0 Å². The third-order valence-electron chi connectivity index (χ3n) is 5.77. The van der Waals surface area contributed by atoms with Crippen LogP contribution in [0.3, 0.4) is 0 Å². The first-order chi connectivity index (χ1) is 14.9. The minimum Gasteiger partial charge on any atom is -0.464 e. The molecule has 1 saturated heterocycles. The average Bonchev–Trinajstić information content (AvgIpc) is 3.44. The summed E-state index contributed by atoms with van der Waals surface area (Å²) in [5, 5.41) is 33.0. The van der Waals surface area contributed by atoms with E-state index >= 15 is 0 Å². The van der Waals surface area contributed by atoms with Crippen LogP contribution in [-0.4, -0.2) is 48.2 Å². The summed E-state index contributed by atoms with van der Waals surface area (Å²) in [6.07, 6.45) is -5.05. The van der Waals surface area contributed by atoms with Crippen LogP contribution in [0.4, 0.5) is 8.78 Å². The van der Waals surface area contributed by atoms with E-state index in [4.69, 9.17) is 9.15 Å². The van der Waals surface area contributed by atoms with Gasteiger partial charge in [0.1, 0.15) is 48.2 Å². The Bertz CT molecular complexity index is 1260. The molecule has 3 aromatic heterocycles. The predicted molar refractivity (Wildman–Crippen MR) is 104 cm³/mol. The molecule has 4 aromatic rings. The van der Waals surface area contributed by atoms with E-state index in [1.807, 2.05) is 6.92 Å². The van der Waals surface area contributed by atoms with Gasteiger partial charge in [-0.2, -0.15) is 0 Å². The van der Waals surface area contributed by atoms with Crippen LogP contribution in [0.5, 0.6) is 0 Å². The molecule has 5 atom stereocenters. The van der Waals surface area contributed by atoms with Gasteiger partial charge in [0.15, 0.2) is 6.23 Å². The summed E-state index contributed by atoms with van der Waals surface area (Å²) < 4.78 is 39.0. The molecular weight excluding hydrogens is 412 g/mol. The standard InChI is InChI=1S/C21H19F2N3O5/c1-9-11-4-5-26(20(11)25-8-24-9)21-17(29)16(28)18(31-21)15(27)10-2-3-14-12(6-10)13(7-30-14)19(22)23/h2-8,15-19,21,27-29H,1H3/t15-,16+,17-,18-,21-/m1/s1. The number of hydrogen-bond donors (Lipinski definition) is 3. The molecule has 0 saturated carbocycles. The zero-order valence-electron chi connectivity index (χ0n) is 16.3. The second-order valence-electron chi connectivity index (χ2n) is 7.58. The smallest absolute Gasteiger partial charge is 0.267 e. The van der Waals surface area contributed by atoms with E-state index in [1.165, 1.54) is 24.5 Å². The highest BCUT2D eigenvalue weighted by Crippen LogP contribution is 2.39. The molecule has 10 heteroatoms. The van der Waals surface area contributed by atoms with E-state index in [-0.39, 0.29) is 22.1 Å². The minimum absolute atomic E-state index is 0.166. The van der Waals surface area contributed by atoms with Gasteiger partial charge < -0.3 is 29.0 Å². The zero-order chi connectivity index (χ0) is 21.9. The summed E-state index contributed by atoms with van der Waals surface area (Å²) in [5.41, 5.74) is 1.48. The fourth-order valence-corrected chi connectivity index (χ4v) is 4.09. The van der Waals surface area contributed by atoms with Gasteiger partial charge in [-0.3, -0.25) is 0 Å². The molecule has 8 nitrogen and oxygen atoms in total. The normalized spacial score (nSPS) is 25.1. The highest BCUT2D eigenvalue weighted by molar-refractivity contribution is 5.82. The van der Waals surface area contributed by atoms with Crippen LogP contribution in [-0.2, 0) is 4.74 Å². The van der Waals surface area contributed by atoms with Crippen LogP contribution in [0, 0.1) is 6.92 Å². The van der Waals surface area contributed by atoms with Gasteiger partial charge in [-0.05, 0) is 30.7 Å². The van der Waals surface area contributed by atoms with Crippen LogP contribution in [0.2, 0.25) is 0 Å². The number of benzene rings is 1. The Hall–Kier alpha value is -2.92. The first-order valence-electron chi connectivity index (χ1n) is 9.64. The number of ether oxygens (including phenoxy) is 1. The van der Waals surface area contributed by atoms with Crippen molar-refractivity contribution in [3.8, 4) is 0 Å². The van der Waals surface area contributed by atoms with Gasteiger partial charge in [-0.15, -0.1) is 0 Å². The molecule has 0 radical (unpaired) electrons. The summed E-state index contributed by atoms with van der Waals surface area (Å²) >= 11 is 0. The van der Waals surface area contributed by atoms with Crippen LogP contribution in [0.1, 0.15) is 35.6 Å². The molecule has 3 N–H and O–H groups in total. The third-order valence-corrected chi connectivity index (χ3v) is 5.77. The molecule has 0 unspecified atom stereocenters. The largest absolute Gasteiger partial charge is 0.464 e. The Morgan fingerprint density at radius 2 is 1.90 bits per heavy atom. The number of halogens is 2. The second kappa shape index (κ2) is 7.34. The second-order valence-corrected chi connectivity index (χ2v) is 7.58. The molecule has 1 aromatic carbocycles. The number of aryl methyl sites for hydroxylation is 1. The molecule has 1 aliphatic heterocycles. The molecule has 1 fully saturated rings. The van der Waals surface area contributed by atoms with Crippen molar-refractivity contribution < 1.29 is 33.3 Å². The molecule has 4 heterocycles. The number of furan rings is 1. The number of nitrogens with zero attached hydrogens (tertiary/aromatic N) is 3. The monoisotopic (exact) mass is 431 g/mol. The van der Waals surface area contributed by atoms with Gasteiger partial charge in [-0.1, -0.05) is 6.07 Å². The number of aliphatic hydroxyl groups excluding tert-OH is 3. The maximum atomic E-state index is 13.2. The molecule has 5 rings (SSSR count). The van der Waals surface area contributed by atoms with Crippen molar-refractivity contribution in [1.29, 1.82) is 0 Å². The van der Waals surface area contributed by atoms with Gasteiger partial charge in [0.05, 0.1) is 11.3 Å². The summed E-state index contributed by atoms with van der Waals surface area (Å²) in [5.74, 6) is 0. The molecule has 0 bridgehead atoms. The quantitative estimate of drug-likeness (QED) is 0.455. The topological polar surface area (TPSA) is 114 Å². The number of fused-ring (bicyclic) bond motifs is 2. The Labute approximate surface area is 174 Å². The van der Waals surface area contributed by atoms with Gasteiger partial charge in [0, 0.05) is 17.0 Å². The van der Waals surface area contributed by atoms with Gasteiger partial charge in [-0.25, -0.2) is 18.7 Å². The number of alkyl halides is 2. The summed E-state index contributed by atoms with van der Waals surface area (Å²) in [6.45, 7) is 1.82. The third kappa shape index (κ3) is 3.10. The van der Waals surface area contributed by atoms with E-state index in [9.17, 15) is 24.1 Å². The van der Waals surface area contributed by atoms with Crippen molar-refractivity contribution in [3.05, 3.63) is 59.9 Å². The lowest BCUT2D eigenvalue weighted by atomic mass is 9.97. The van der Waals surface area contributed by atoms with Gasteiger partial charge in [0.2, 0.25) is 0 Å². The van der Waals surface area contributed by atoms with E-state index in [0.29, 0.717) is 5.65 Å². The number of hydrogen-bond acceptors (Lipinski definition) is 7.